The SMILES string of the molecule is CC=C(CCC)c1ccc(OC)cc1. The Morgan fingerprint density at radius 1 is 1.29 bits per heavy atom. The lowest BCUT2D eigenvalue weighted by Gasteiger charge is -2.06. The van der Waals surface area contributed by atoms with Gasteiger partial charge in [0.25, 0.3) is 0 Å². The molecule has 0 aromatic heterocycles. The van der Waals surface area contributed by atoms with Gasteiger partial charge in [-0.3, -0.25) is 0 Å². The maximum absolute atomic E-state index is 5.12. The molecule has 0 amide bonds. The van der Waals surface area contributed by atoms with Gasteiger partial charge < -0.3 is 4.74 Å². The van der Waals surface area contributed by atoms with Crippen LogP contribution in [0.4, 0.5) is 0 Å². The first-order valence-electron chi connectivity index (χ1n) is 5.11. The van der Waals surface area contributed by atoms with Gasteiger partial charge >= 0.3 is 0 Å². The van der Waals surface area contributed by atoms with Crippen molar-refractivity contribution < 1.29 is 4.74 Å². The summed E-state index contributed by atoms with van der Waals surface area (Å²) in [4.78, 5) is 0. The summed E-state index contributed by atoms with van der Waals surface area (Å²) in [7, 11) is 1.69. The predicted octanol–water partition coefficient (Wildman–Crippen LogP) is 3.90. The molecule has 0 aliphatic heterocycles. The molecule has 76 valence electrons. The molecule has 0 spiro atoms. The molecule has 1 rings (SSSR count). The third kappa shape index (κ3) is 2.63. The van der Waals surface area contributed by atoms with Crippen LogP contribution in [0, 0.1) is 0 Å². The minimum absolute atomic E-state index is 0.917. The molecule has 0 atom stereocenters. The zero-order chi connectivity index (χ0) is 10.4. The molecule has 0 aliphatic rings. The molecular weight excluding hydrogens is 172 g/mol. The van der Waals surface area contributed by atoms with Crippen molar-refractivity contribution in [2.24, 2.45) is 0 Å². The van der Waals surface area contributed by atoms with Crippen LogP contribution < -0.4 is 4.74 Å². The maximum Gasteiger partial charge on any atom is 0.118 e. The Kier molecular flexibility index (Phi) is 4.24. The smallest absolute Gasteiger partial charge is 0.118 e. The summed E-state index contributed by atoms with van der Waals surface area (Å²) >= 11 is 0. The number of rotatable bonds is 4. The number of allylic oxidation sites excluding steroid dienone is 2. The van der Waals surface area contributed by atoms with Gasteiger partial charge in [0.1, 0.15) is 5.75 Å². The fourth-order valence-electron chi connectivity index (χ4n) is 1.53. The van der Waals surface area contributed by atoms with E-state index in [-0.39, 0.29) is 0 Å². The van der Waals surface area contributed by atoms with Crippen LogP contribution in [0.15, 0.2) is 30.3 Å². The lowest BCUT2D eigenvalue weighted by molar-refractivity contribution is 0.415. The summed E-state index contributed by atoms with van der Waals surface area (Å²) < 4.78 is 5.12. The Balaban J connectivity index is 2.84. The van der Waals surface area contributed by atoms with Gasteiger partial charge in [0, 0.05) is 0 Å². The summed E-state index contributed by atoms with van der Waals surface area (Å²) in [6, 6.07) is 8.25. The van der Waals surface area contributed by atoms with E-state index in [4.69, 9.17) is 4.74 Å². The third-order valence-electron chi connectivity index (χ3n) is 2.33. The van der Waals surface area contributed by atoms with E-state index in [0.717, 1.165) is 12.2 Å². The lowest BCUT2D eigenvalue weighted by atomic mass is 10.0. The van der Waals surface area contributed by atoms with Crippen LogP contribution in [0.3, 0.4) is 0 Å². The van der Waals surface area contributed by atoms with Gasteiger partial charge in [0.05, 0.1) is 7.11 Å². The van der Waals surface area contributed by atoms with Crippen molar-refractivity contribution in [3.63, 3.8) is 0 Å². The Morgan fingerprint density at radius 2 is 1.93 bits per heavy atom. The average Bonchev–Trinajstić information content (AvgIpc) is 2.26. The highest BCUT2D eigenvalue weighted by Crippen LogP contribution is 2.22. The summed E-state index contributed by atoms with van der Waals surface area (Å²) in [6.07, 6.45) is 4.51. The molecule has 0 saturated carbocycles. The highest BCUT2D eigenvalue weighted by molar-refractivity contribution is 5.65. The van der Waals surface area contributed by atoms with Crippen molar-refractivity contribution >= 4 is 5.57 Å². The van der Waals surface area contributed by atoms with E-state index in [1.807, 2.05) is 12.1 Å². The van der Waals surface area contributed by atoms with E-state index in [9.17, 15) is 0 Å². The normalized spacial score (nSPS) is 11.5. The highest BCUT2D eigenvalue weighted by atomic mass is 16.5. The molecule has 0 unspecified atom stereocenters. The molecule has 0 bridgehead atoms. The first-order valence-corrected chi connectivity index (χ1v) is 5.11. The van der Waals surface area contributed by atoms with Crippen molar-refractivity contribution in [1.82, 2.24) is 0 Å². The van der Waals surface area contributed by atoms with Gasteiger partial charge in [-0.05, 0) is 36.6 Å². The average molecular weight is 190 g/mol. The summed E-state index contributed by atoms with van der Waals surface area (Å²) in [6.45, 7) is 4.29. The Bertz CT molecular complexity index is 296. The van der Waals surface area contributed by atoms with Gasteiger partial charge in [-0.25, -0.2) is 0 Å². The maximum atomic E-state index is 5.12. The van der Waals surface area contributed by atoms with E-state index < -0.39 is 0 Å². The van der Waals surface area contributed by atoms with Gasteiger partial charge in [-0.15, -0.1) is 0 Å². The molecule has 0 fully saturated rings. The zero-order valence-corrected chi connectivity index (χ0v) is 9.21. The Labute approximate surface area is 86.4 Å². The van der Waals surface area contributed by atoms with Crippen molar-refractivity contribution in [1.29, 1.82) is 0 Å². The predicted molar refractivity (Wildman–Crippen MR) is 61.6 cm³/mol. The van der Waals surface area contributed by atoms with Gasteiger partial charge in [-0.2, -0.15) is 0 Å². The molecule has 0 N–H and O–H groups in total. The van der Waals surface area contributed by atoms with E-state index in [0.29, 0.717) is 0 Å². The minimum Gasteiger partial charge on any atom is -0.497 e. The van der Waals surface area contributed by atoms with Gasteiger partial charge in [-0.1, -0.05) is 31.6 Å². The van der Waals surface area contributed by atoms with Crippen molar-refractivity contribution in [2.75, 3.05) is 7.11 Å². The fraction of sp³-hybridized carbons (Fsp3) is 0.385. The molecule has 0 saturated heterocycles. The van der Waals surface area contributed by atoms with Crippen LogP contribution in [-0.4, -0.2) is 7.11 Å². The standard InChI is InChI=1S/C13H18O/c1-4-6-11(5-2)12-7-9-13(14-3)10-8-12/h5,7-10H,4,6H2,1-3H3. The zero-order valence-electron chi connectivity index (χ0n) is 9.21. The number of benzene rings is 1. The molecule has 1 aromatic carbocycles. The van der Waals surface area contributed by atoms with Crippen molar-refractivity contribution in [2.45, 2.75) is 26.7 Å². The second kappa shape index (κ2) is 5.48. The Morgan fingerprint density at radius 3 is 2.36 bits per heavy atom. The Hall–Kier alpha value is -1.24. The van der Waals surface area contributed by atoms with Crippen LogP contribution in [0.1, 0.15) is 32.3 Å². The number of ether oxygens (including phenoxy) is 1. The van der Waals surface area contributed by atoms with Crippen LogP contribution in [0.25, 0.3) is 5.57 Å². The molecule has 1 aromatic rings. The van der Waals surface area contributed by atoms with E-state index >= 15 is 0 Å². The molecule has 0 aliphatic carbocycles. The molecule has 1 nitrogen and oxygen atoms in total. The molecule has 0 heterocycles. The minimum atomic E-state index is 0.917. The lowest BCUT2D eigenvalue weighted by Crippen LogP contribution is -1.86. The molecular formula is C13H18O. The fourth-order valence-corrected chi connectivity index (χ4v) is 1.53. The molecule has 14 heavy (non-hydrogen) atoms. The van der Waals surface area contributed by atoms with Crippen molar-refractivity contribution in [3.8, 4) is 5.75 Å². The second-order valence-corrected chi connectivity index (χ2v) is 3.29. The number of methoxy groups -OCH3 is 1. The van der Waals surface area contributed by atoms with Gasteiger partial charge in [0.15, 0.2) is 0 Å². The van der Waals surface area contributed by atoms with Crippen LogP contribution in [-0.2, 0) is 0 Å². The second-order valence-electron chi connectivity index (χ2n) is 3.29. The monoisotopic (exact) mass is 190 g/mol. The highest BCUT2D eigenvalue weighted by Gasteiger charge is 1.99. The number of hydrogen-bond donors (Lipinski definition) is 0. The number of hydrogen-bond acceptors (Lipinski definition) is 1. The third-order valence-corrected chi connectivity index (χ3v) is 2.33. The van der Waals surface area contributed by atoms with E-state index in [2.05, 4.69) is 32.1 Å². The van der Waals surface area contributed by atoms with Crippen LogP contribution in [0.2, 0.25) is 0 Å². The largest absolute Gasteiger partial charge is 0.497 e. The molecule has 0 radical (unpaired) electrons. The van der Waals surface area contributed by atoms with Gasteiger partial charge in [0.2, 0.25) is 0 Å². The van der Waals surface area contributed by atoms with Crippen LogP contribution >= 0.6 is 0 Å². The summed E-state index contributed by atoms with van der Waals surface area (Å²) in [5.41, 5.74) is 2.71. The van der Waals surface area contributed by atoms with Crippen LogP contribution in [0.5, 0.6) is 5.75 Å². The first kappa shape index (κ1) is 10.8. The van der Waals surface area contributed by atoms with E-state index in [1.54, 1.807) is 7.11 Å². The summed E-state index contributed by atoms with van der Waals surface area (Å²) in [5, 5.41) is 0. The quantitative estimate of drug-likeness (QED) is 0.699. The first-order chi connectivity index (χ1) is 6.81. The van der Waals surface area contributed by atoms with E-state index in [1.165, 1.54) is 17.6 Å². The van der Waals surface area contributed by atoms with Crippen molar-refractivity contribution in [3.05, 3.63) is 35.9 Å². The topological polar surface area (TPSA) is 9.23 Å². The molecule has 1 heteroatoms. The summed E-state index contributed by atoms with van der Waals surface area (Å²) in [5.74, 6) is 0.917.